The first kappa shape index (κ1) is 11.2. The van der Waals surface area contributed by atoms with Gasteiger partial charge in [0.25, 0.3) is 0 Å². The van der Waals surface area contributed by atoms with E-state index in [1.807, 2.05) is 30.3 Å². The summed E-state index contributed by atoms with van der Waals surface area (Å²) in [6.07, 6.45) is 6.95. The maximum Gasteiger partial charge on any atom is 0.244 e. The van der Waals surface area contributed by atoms with Crippen LogP contribution in [0.5, 0.6) is 0 Å². The van der Waals surface area contributed by atoms with Crippen LogP contribution in [0.2, 0.25) is 0 Å². The zero-order valence-electron chi connectivity index (χ0n) is 10.2. The third-order valence-corrected chi connectivity index (χ3v) is 3.69. The van der Waals surface area contributed by atoms with Crippen molar-refractivity contribution in [1.29, 1.82) is 0 Å². The molecule has 92 valence electrons. The molecule has 2 aliphatic rings. The van der Waals surface area contributed by atoms with Crippen molar-refractivity contribution in [2.24, 2.45) is 16.9 Å². The van der Waals surface area contributed by atoms with E-state index in [4.69, 9.17) is 0 Å². The van der Waals surface area contributed by atoms with Gasteiger partial charge in [0, 0.05) is 11.6 Å². The molecule has 0 radical (unpaired) electrons. The number of carbonyl (C=O) groups excluding carboxylic acids is 1. The number of hydrogen-bond donors (Lipinski definition) is 1. The van der Waals surface area contributed by atoms with E-state index < -0.39 is 0 Å². The molecule has 1 fully saturated rings. The van der Waals surface area contributed by atoms with Crippen LogP contribution in [-0.4, -0.2) is 11.6 Å². The van der Waals surface area contributed by atoms with Gasteiger partial charge in [0.2, 0.25) is 5.91 Å². The number of hydrazone groups is 1. The molecule has 18 heavy (non-hydrogen) atoms. The predicted molar refractivity (Wildman–Crippen MR) is 71.1 cm³/mol. The van der Waals surface area contributed by atoms with E-state index in [1.54, 1.807) is 0 Å². The molecule has 1 amide bonds. The van der Waals surface area contributed by atoms with Crippen molar-refractivity contribution in [3.8, 4) is 0 Å². The van der Waals surface area contributed by atoms with Gasteiger partial charge in [-0.25, -0.2) is 5.43 Å². The van der Waals surface area contributed by atoms with Gasteiger partial charge in [-0.3, -0.25) is 4.79 Å². The second-order valence-electron chi connectivity index (χ2n) is 4.94. The minimum Gasteiger partial charge on any atom is -0.273 e. The molecule has 2 aliphatic carbocycles. The van der Waals surface area contributed by atoms with Crippen LogP contribution >= 0.6 is 0 Å². The summed E-state index contributed by atoms with van der Waals surface area (Å²) in [5, 5.41) is 4.25. The number of rotatable bonds is 3. The predicted octanol–water partition coefficient (Wildman–Crippen LogP) is 2.30. The average Bonchev–Trinajstić information content (AvgIpc) is 2.72. The summed E-state index contributed by atoms with van der Waals surface area (Å²) in [5.74, 6) is 1.19. The molecule has 3 rings (SSSR count). The van der Waals surface area contributed by atoms with Crippen LogP contribution in [0.1, 0.15) is 18.4 Å². The van der Waals surface area contributed by atoms with Crippen LogP contribution in [0.4, 0.5) is 0 Å². The Kier molecular flexibility index (Phi) is 2.97. The molecule has 0 aliphatic heterocycles. The fraction of sp³-hybridized carbons (Fsp3) is 0.333. The maximum atomic E-state index is 11.7. The lowest BCUT2D eigenvalue weighted by atomic mass is 9.74. The molecule has 2 atom stereocenters. The SMILES string of the molecule is O=C(Cc1ccccc1)N/N=C1\C[C@@H]2C=CC[C@H]12. The average molecular weight is 240 g/mol. The van der Waals surface area contributed by atoms with Crippen molar-refractivity contribution in [3.05, 3.63) is 48.0 Å². The van der Waals surface area contributed by atoms with Crippen LogP contribution < -0.4 is 5.43 Å². The Morgan fingerprint density at radius 2 is 2.17 bits per heavy atom. The maximum absolute atomic E-state index is 11.7. The highest BCUT2D eigenvalue weighted by Crippen LogP contribution is 2.39. The van der Waals surface area contributed by atoms with Gasteiger partial charge in [-0.05, 0) is 24.3 Å². The first-order chi connectivity index (χ1) is 8.83. The number of carbonyl (C=O) groups is 1. The van der Waals surface area contributed by atoms with Gasteiger partial charge < -0.3 is 0 Å². The van der Waals surface area contributed by atoms with Crippen molar-refractivity contribution in [3.63, 3.8) is 0 Å². The van der Waals surface area contributed by atoms with E-state index >= 15 is 0 Å². The standard InChI is InChI=1S/C15H16N2O/c18-15(9-11-5-2-1-3-6-11)17-16-14-10-12-7-4-8-13(12)14/h1-7,12-13H,8-10H2,(H,17,18)/b16-14+/t12-,13-/m0/s1. The Morgan fingerprint density at radius 1 is 1.33 bits per heavy atom. The normalized spacial score (nSPS) is 26.8. The van der Waals surface area contributed by atoms with Crippen molar-refractivity contribution in [1.82, 2.24) is 5.43 Å². The third kappa shape index (κ3) is 2.21. The molecular formula is C15H16N2O. The molecule has 1 aromatic rings. The highest BCUT2D eigenvalue weighted by Gasteiger charge is 2.37. The van der Waals surface area contributed by atoms with Crippen molar-refractivity contribution < 1.29 is 4.79 Å². The number of fused-ring (bicyclic) bond motifs is 1. The fourth-order valence-corrected chi connectivity index (χ4v) is 2.62. The molecule has 1 saturated carbocycles. The highest BCUT2D eigenvalue weighted by atomic mass is 16.2. The zero-order valence-corrected chi connectivity index (χ0v) is 10.2. The topological polar surface area (TPSA) is 41.5 Å². The quantitative estimate of drug-likeness (QED) is 0.639. The first-order valence-corrected chi connectivity index (χ1v) is 6.39. The van der Waals surface area contributed by atoms with Gasteiger partial charge in [0.1, 0.15) is 0 Å². The van der Waals surface area contributed by atoms with E-state index in [-0.39, 0.29) is 5.91 Å². The molecule has 0 unspecified atom stereocenters. The van der Waals surface area contributed by atoms with Crippen LogP contribution in [0.15, 0.2) is 47.6 Å². The summed E-state index contributed by atoms with van der Waals surface area (Å²) in [6, 6.07) is 9.73. The van der Waals surface area contributed by atoms with Gasteiger partial charge in [-0.1, -0.05) is 42.5 Å². The largest absolute Gasteiger partial charge is 0.273 e. The first-order valence-electron chi connectivity index (χ1n) is 6.39. The van der Waals surface area contributed by atoms with E-state index in [9.17, 15) is 4.79 Å². The Labute approximate surface area is 107 Å². The molecule has 3 nitrogen and oxygen atoms in total. The summed E-state index contributed by atoms with van der Waals surface area (Å²) in [7, 11) is 0. The van der Waals surface area contributed by atoms with Gasteiger partial charge in [0.05, 0.1) is 6.42 Å². The summed E-state index contributed by atoms with van der Waals surface area (Å²) in [6.45, 7) is 0. The fourth-order valence-electron chi connectivity index (χ4n) is 2.62. The zero-order chi connectivity index (χ0) is 12.4. The Bertz CT molecular complexity index is 504. The smallest absolute Gasteiger partial charge is 0.244 e. The number of allylic oxidation sites excluding steroid dienone is 2. The highest BCUT2D eigenvalue weighted by molar-refractivity contribution is 5.95. The molecule has 1 N–H and O–H groups in total. The molecular weight excluding hydrogens is 224 g/mol. The minimum absolute atomic E-state index is 0.0388. The van der Waals surface area contributed by atoms with E-state index in [0.717, 1.165) is 24.1 Å². The van der Waals surface area contributed by atoms with Gasteiger partial charge in [-0.15, -0.1) is 0 Å². The Balaban J connectivity index is 1.52. The van der Waals surface area contributed by atoms with Gasteiger partial charge in [0.15, 0.2) is 0 Å². The van der Waals surface area contributed by atoms with Crippen LogP contribution in [0.3, 0.4) is 0 Å². The lowest BCUT2D eigenvalue weighted by Gasteiger charge is -2.31. The van der Waals surface area contributed by atoms with Crippen LogP contribution in [0, 0.1) is 11.8 Å². The minimum atomic E-state index is -0.0388. The molecule has 0 aromatic heterocycles. The number of hydrogen-bond acceptors (Lipinski definition) is 2. The van der Waals surface area contributed by atoms with Crippen molar-refractivity contribution in [2.75, 3.05) is 0 Å². The van der Waals surface area contributed by atoms with Crippen LogP contribution in [0.25, 0.3) is 0 Å². The lowest BCUT2D eigenvalue weighted by Crippen LogP contribution is -2.35. The third-order valence-electron chi connectivity index (χ3n) is 3.69. The molecule has 1 aromatic carbocycles. The van der Waals surface area contributed by atoms with Crippen LogP contribution in [-0.2, 0) is 11.2 Å². The van der Waals surface area contributed by atoms with Crippen molar-refractivity contribution in [2.45, 2.75) is 19.3 Å². The Morgan fingerprint density at radius 3 is 2.94 bits per heavy atom. The summed E-state index contributed by atoms with van der Waals surface area (Å²) in [5.41, 5.74) is 4.83. The molecule has 0 bridgehead atoms. The molecule has 3 heteroatoms. The number of amides is 1. The Hall–Kier alpha value is -1.90. The van der Waals surface area contributed by atoms with Gasteiger partial charge in [-0.2, -0.15) is 5.10 Å². The number of benzene rings is 1. The monoisotopic (exact) mass is 240 g/mol. The van der Waals surface area contributed by atoms with E-state index in [0.29, 0.717) is 18.3 Å². The second-order valence-corrected chi connectivity index (χ2v) is 4.94. The van der Waals surface area contributed by atoms with Gasteiger partial charge >= 0.3 is 0 Å². The summed E-state index contributed by atoms with van der Waals surface area (Å²) >= 11 is 0. The summed E-state index contributed by atoms with van der Waals surface area (Å²) in [4.78, 5) is 11.7. The molecule has 0 heterocycles. The number of nitrogens with one attached hydrogen (secondary N) is 1. The molecule has 0 spiro atoms. The number of nitrogens with zero attached hydrogens (tertiary/aromatic N) is 1. The van der Waals surface area contributed by atoms with E-state index in [2.05, 4.69) is 22.7 Å². The van der Waals surface area contributed by atoms with Crippen molar-refractivity contribution >= 4 is 11.6 Å². The van der Waals surface area contributed by atoms with E-state index in [1.165, 1.54) is 0 Å². The lowest BCUT2D eigenvalue weighted by molar-refractivity contribution is -0.120. The summed E-state index contributed by atoms with van der Waals surface area (Å²) < 4.78 is 0. The second kappa shape index (κ2) is 4.77. The molecule has 0 saturated heterocycles.